The van der Waals surface area contributed by atoms with Crippen molar-refractivity contribution < 1.29 is 13.4 Å². The molecule has 1 amide bonds. The Kier molecular flexibility index (Phi) is 4.81. The third-order valence-electron chi connectivity index (χ3n) is 3.95. The lowest BCUT2D eigenvalue weighted by Gasteiger charge is -2.16. The van der Waals surface area contributed by atoms with Crippen LogP contribution in [0.4, 0.5) is 4.39 Å². The molecule has 23 heavy (non-hydrogen) atoms. The first kappa shape index (κ1) is 15.8. The van der Waals surface area contributed by atoms with Gasteiger partial charge in [0.05, 0.1) is 22.5 Å². The van der Waals surface area contributed by atoms with Gasteiger partial charge in [-0.05, 0) is 48.4 Å². The highest BCUT2D eigenvalue weighted by Gasteiger charge is 2.30. The summed E-state index contributed by atoms with van der Waals surface area (Å²) in [5.74, 6) is -0.305. The topological polar surface area (TPSA) is 50.3 Å². The van der Waals surface area contributed by atoms with Crippen LogP contribution in [0.15, 0.2) is 53.7 Å². The molecule has 0 radical (unpaired) electrons. The lowest BCUT2D eigenvalue weighted by molar-refractivity contribution is -0.129. The van der Waals surface area contributed by atoms with Gasteiger partial charge in [-0.1, -0.05) is 0 Å². The first-order chi connectivity index (χ1) is 11.1. The number of benzene rings is 1. The summed E-state index contributed by atoms with van der Waals surface area (Å²) in [5, 5.41) is -0.0955. The normalized spacial score (nSPS) is 18.8. The van der Waals surface area contributed by atoms with E-state index in [1.54, 1.807) is 29.4 Å². The summed E-state index contributed by atoms with van der Waals surface area (Å²) < 4.78 is 25.5. The molecule has 1 aromatic carbocycles. The fourth-order valence-corrected chi connectivity index (χ4v) is 4.10. The number of carbonyl (C=O) groups is 1. The Morgan fingerprint density at radius 2 is 1.91 bits per heavy atom. The van der Waals surface area contributed by atoms with Gasteiger partial charge in [-0.2, -0.15) is 0 Å². The van der Waals surface area contributed by atoms with Crippen molar-refractivity contribution in [1.82, 2.24) is 9.88 Å². The minimum Gasteiger partial charge on any atom is -0.341 e. The largest absolute Gasteiger partial charge is 0.341 e. The lowest BCUT2D eigenvalue weighted by atomic mass is 10.2. The molecule has 2 heterocycles. The van der Waals surface area contributed by atoms with Crippen molar-refractivity contribution in [1.29, 1.82) is 0 Å². The van der Waals surface area contributed by atoms with Gasteiger partial charge in [0, 0.05) is 30.4 Å². The Morgan fingerprint density at radius 1 is 1.22 bits per heavy atom. The number of halogens is 1. The lowest BCUT2D eigenvalue weighted by Crippen LogP contribution is -2.31. The first-order valence-corrected chi connectivity index (χ1v) is 8.67. The molecule has 1 unspecified atom stereocenters. The van der Waals surface area contributed by atoms with Crippen molar-refractivity contribution in [3.05, 3.63) is 60.2 Å². The van der Waals surface area contributed by atoms with Crippen LogP contribution in [0.1, 0.15) is 12.0 Å². The molecule has 0 saturated carbocycles. The minimum absolute atomic E-state index is 0.0369. The molecule has 1 aliphatic heterocycles. The Bertz CT molecular complexity index is 706. The molecular formula is C17H17FN2O2S. The second-order valence-corrected chi connectivity index (χ2v) is 7.27. The van der Waals surface area contributed by atoms with Crippen molar-refractivity contribution in [3.8, 4) is 0 Å². The number of rotatable bonds is 4. The summed E-state index contributed by atoms with van der Waals surface area (Å²) in [7, 11) is -1.22. The fraction of sp³-hybridized carbons (Fsp3) is 0.294. The Hall–Kier alpha value is -2.08. The van der Waals surface area contributed by atoms with Gasteiger partial charge in [0.25, 0.3) is 0 Å². The highest BCUT2D eigenvalue weighted by Crippen LogP contribution is 2.21. The highest BCUT2D eigenvalue weighted by molar-refractivity contribution is 7.85. The number of likely N-dealkylation sites (tertiary alicyclic amines) is 1. The monoisotopic (exact) mass is 332 g/mol. The van der Waals surface area contributed by atoms with E-state index in [4.69, 9.17) is 0 Å². The van der Waals surface area contributed by atoms with E-state index in [-0.39, 0.29) is 17.0 Å². The summed E-state index contributed by atoms with van der Waals surface area (Å²) in [5.41, 5.74) is 0.924. The van der Waals surface area contributed by atoms with Gasteiger partial charge in [-0.15, -0.1) is 0 Å². The van der Waals surface area contributed by atoms with Gasteiger partial charge in [-0.3, -0.25) is 14.0 Å². The van der Waals surface area contributed by atoms with E-state index in [2.05, 4.69) is 4.98 Å². The van der Waals surface area contributed by atoms with E-state index in [1.807, 2.05) is 12.1 Å². The molecule has 0 aliphatic carbocycles. The summed E-state index contributed by atoms with van der Waals surface area (Å²) in [6, 6.07) is 9.37. The molecule has 1 aromatic heterocycles. The minimum atomic E-state index is -1.22. The van der Waals surface area contributed by atoms with Gasteiger partial charge >= 0.3 is 0 Å². The zero-order chi connectivity index (χ0) is 16.2. The quantitative estimate of drug-likeness (QED) is 0.862. The zero-order valence-corrected chi connectivity index (χ0v) is 13.3. The number of carbonyl (C=O) groups excluding carboxylic acids is 1. The van der Waals surface area contributed by atoms with Crippen LogP contribution in [0.5, 0.6) is 0 Å². The predicted molar refractivity (Wildman–Crippen MR) is 85.7 cm³/mol. The molecule has 0 N–H and O–H groups in total. The van der Waals surface area contributed by atoms with E-state index in [0.717, 1.165) is 5.56 Å². The van der Waals surface area contributed by atoms with Crippen LogP contribution in [-0.2, 0) is 22.0 Å². The average molecular weight is 332 g/mol. The molecule has 120 valence electrons. The van der Waals surface area contributed by atoms with E-state index < -0.39 is 10.8 Å². The molecule has 0 spiro atoms. The van der Waals surface area contributed by atoms with Gasteiger partial charge in [-0.25, -0.2) is 4.39 Å². The molecule has 2 atom stereocenters. The Balaban J connectivity index is 1.60. The van der Waals surface area contributed by atoms with Crippen LogP contribution < -0.4 is 0 Å². The van der Waals surface area contributed by atoms with E-state index in [0.29, 0.717) is 30.8 Å². The zero-order valence-electron chi connectivity index (χ0n) is 12.5. The molecule has 1 fully saturated rings. The van der Waals surface area contributed by atoms with Gasteiger partial charge in [0.2, 0.25) is 5.91 Å². The van der Waals surface area contributed by atoms with Crippen molar-refractivity contribution in [2.24, 2.45) is 0 Å². The predicted octanol–water partition coefficient (Wildman–Crippen LogP) is 2.17. The SMILES string of the molecule is O=C(Cc1ccncc1)N1CC[C@H](S(=O)c2ccc(F)cc2)C1. The number of hydrogen-bond acceptors (Lipinski definition) is 3. The van der Waals surface area contributed by atoms with E-state index in [9.17, 15) is 13.4 Å². The maximum absolute atomic E-state index is 12.9. The Morgan fingerprint density at radius 3 is 2.61 bits per heavy atom. The Labute approximate surface area is 136 Å². The van der Waals surface area contributed by atoms with Crippen LogP contribution in [0.2, 0.25) is 0 Å². The van der Waals surface area contributed by atoms with Gasteiger partial charge < -0.3 is 4.90 Å². The fourth-order valence-electron chi connectivity index (χ4n) is 2.68. The molecule has 4 nitrogen and oxygen atoms in total. The van der Waals surface area contributed by atoms with Crippen LogP contribution in [0.3, 0.4) is 0 Å². The number of nitrogens with zero attached hydrogens (tertiary/aromatic N) is 2. The molecule has 1 saturated heterocycles. The van der Waals surface area contributed by atoms with E-state index >= 15 is 0 Å². The van der Waals surface area contributed by atoms with E-state index in [1.165, 1.54) is 12.1 Å². The smallest absolute Gasteiger partial charge is 0.227 e. The number of aromatic nitrogens is 1. The number of hydrogen-bond donors (Lipinski definition) is 0. The second kappa shape index (κ2) is 7.00. The second-order valence-electron chi connectivity index (χ2n) is 5.53. The van der Waals surface area contributed by atoms with Crippen LogP contribution >= 0.6 is 0 Å². The van der Waals surface area contributed by atoms with Gasteiger partial charge in [0.15, 0.2) is 0 Å². The summed E-state index contributed by atoms with van der Waals surface area (Å²) in [4.78, 5) is 18.6. The summed E-state index contributed by atoms with van der Waals surface area (Å²) in [6.45, 7) is 1.09. The molecule has 1 aliphatic rings. The van der Waals surface area contributed by atoms with Crippen LogP contribution in [0, 0.1) is 5.82 Å². The maximum atomic E-state index is 12.9. The molecule has 2 aromatic rings. The highest BCUT2D eigenvalue weighted by atomic mass is 32.2. The molecular weight excluding hydrogens is 315 g/mol. The number of pyridine rings is 1. The number of amides is 1. The van der Waals surface area contributed by atoms with Crippen LogP contribution in [0.25, 0.3) is 0 Å². The molecule has 0 bridgehead atoms. The third kappa shape index (κ3) is 3.82. The average Bonchev–Trinajstić information content (AvgIpc) is 3.06. The van der Waals surface area contributed by atoms with Crippen molar-refractivity contribution >= 4 is 16.7 Å². The molecule has 6 heteroatoms. The van der Waals surface area contributed by atoms with Crippen molar-refractivity contribution in [2.75, 3.05) is 13.1 Å². The maximum Gasteiger partial charge on any atom is 0.227 e. The van der Waals surface area contributed by atoms with Gasteiger partial charge in [0.1, 0.15) is 5.82 Å². The first-order valence-electron chi connectivity index (χ1n) is 7.46. The molecule has 3 rings (SSSR count). The van der Waals surface area contributed by atoms with Crippen molar-refractivity contribution in [2.45, 2.75) is 23.0 Å². The summed E-state index contributed by atoms with van der Waals surface area (Å²) in [6.07, 6.45) is 4.36. The third-order valence-corrected chi connectivity index (χ3v) is 5.68. The summed E-state index contributed by atoms with van der Waals surface area (Å²) >= 11 is 0. The standard InChI is InChI=1S/C17H17FN2O2S/c18-14-1-3-15(4-2-14)23(22)16-7-10-20(12-16)17(21)11-13-5-8-19-9-6-13/h1-6,8-9,16H,7,10-12H2/t16-,23?/m0/s1. The van der Waals surface area contributed by atoms with Crippen LogP contribution in [-0.4, -0.2) is 38.3 Å². The van der Waals surface area contributed by atoms with Crippen molar-refractivity contribution in [3.63, 3.8) is 0 Å².